The van der Waals surface area contributed by atoms with Crippen LogP contribution in [0.5, 0.6) is 0 Å². The summed E-state index contributed by atoms with van der Waals surface area (Å²) in [6.07, 6.45) is 6.30. The van der Waals surface area contributed by atoms with E-state index < -0.39 is 0 Å². The van der Waals surface area contributed by atoms with Gasteiger partial charge >= 0.3 is 0 Å². The van der Waals surface area contributed by atoms with Gasteiger partial charge in [0, 0.05) is 23.6 Å². The SMILES string of the molecule is C=CCn1c(SCCCC(C)=O)nc2sc3c(c2c1=O)CCC(C)C3. The Hall–Kier alpha value is -1.40. The highest BCUT2D eigenvalue weighted by Gasteiger charge is 2.24. The molecule has 25 heavy (non-hydrogen) atoms. The van der Waals surface area contributed by atoms with Crippen LogP contribution in [0.15, 0.2) is 22.6 Å². The molecule has 1 aliphatic carbocycles. The molecule has 4 nitrogen and oxygen atoms in total. The molecule has 1 unspecified atom stereocenters. The Morgan fingerprint density at radius 1 is 1.52 bits per heavy atom. The van der Waals surface area contributed by atoms with E-state index in [0.717, 1.165) is 46.8 Å². The van der Waals surface area contributed by atoms with Crippen molar-refractivity contribution in [3.05, 3.63) is 33.4 Å². The number of carbonyl (C=O) groups is 1. The van der Waals surface area contributed by atoms with E-state index in [2.05, 4.69) is 13.5 Å². The predicted octanol–water partition coefficient (Wildman–Crippen LogP) is 4.23. The highest BCUT2D eigenvalue weighted by molar-refractivity contribution is 7.99. The van der Waals surface area contributed by atoms with Gasteiger partial charge in [0.15, 0.2) is 5.16 Å². The first-order valence-electron chi connectivity index (χ1n) is 8.79. The van der Waals surface area contributed by atoms with Crippen LogP contribution < -0.4 is 5.56 Å². The highest BCUT2D eigenvalue weighted by Crippen LogP contribution is 2.36. The van der Waals surface area contributed by atoms with Gasteiger partial charge in [-0.05, 0) is 44.1 Å². The number of ketones is 1. The van der Waals surface area contributed by atoms with Gasteiger partial charge in [0.2, 0.25) is 0 Å². The second kappa shape index (κ2) is 7.87. The minimum absolute atomic E-state index is 0.0611. The zero-order valence-corrected chi connectivity index (χ0v) is 16.5. The average molecular weight is 377 g/mol. The Morgan fingerprint density at radius 2 is 2.32 bits per heavy atom. The number of hydrogen-bond acceptors (Lipinski definition) is 5. The van der Waals surface area contributed by atoms with Crippen LogP contribution >= 0.6 is 23.1 Å². The van der Waals surface area contributed by atoms with Gasteiger partial charge in [0.25, 0.3) is 5.56 Å². The molecule has 0 fully saturated rings. The first-order chi connectivity index (χ1) is 12.0. The molecule has 1 aliphatic rings. The van der Waals surface area contributed by atoms with E-state index >= 15 is 0 Å². The standard InChI is InChI=1S/C19H24N2O2S2/c1-4-9-21-18(23)16-14-8-7-12(2)11-15(14)25-17(16)20-19(21)24-10-5-6-13(3)22/h4,12H,1,5-11H2,2-3H3. The number of thioether (sulfide) groups is 1. The van der Waals surface area contributed by atoms with Gasteiger partial charge in [-0.15, -0.1) is 17.9 Å². The Kier molecular flexibility index (Phi) is 5.79. The number of Topliss-reactive ketones (excluding diaryl/α,β-unsaturated/α-hetero) is 1. The van der Waals surface area contributed by atoms with Gasteiger partial charge in [-0.25, -0.2) is 4.98 Å². The van der Waals surface area contributed by atoms with Crippen molar-refractivity contribution in [2.24, 2.45) is 5.92 Å². The fraction of sp³-hybridized carbons (Fsp3) is 0.526. The monoisotopic (exact) mass is 376 g/mol. The third-order valence-corrected chi connectivity index (χ3v) is 6.81. The molecule has 1 atom stereocenters. The average Bonchev–Trinajstić information content (AvgIpc) is 2.92. The molecule has 3 rings (SSSR count). The maximum atomic E-state index is 13.1. The Labute approximate surface area is 156 Å². The lowest BCUT2D eigenvalue weighted by molar-refractivity contribution is -0.117. The topological polar surface area (TPSA) is 52.0 Å². The molecule has 0 radical (unpaired) electrons. The maximum absolute atomic E-state index is 13.1. The molecule has 0 aromatic carbocycles. The summed E-state index contributed by atoms with van der Waals surface area (Å²) in [6, 6.07) is 0. The van der Waals surface area contributed by atoms with Crippen LogP contribution in [0, 0.1) is 5.92 Å². The van der Waals surface area contributed by atoms with Crippen LogP contribution in [0.4, 0.5) is 0 Å². The second-order valence-corrected chi connectivity index (χ2v) is 8.93. The van der Waals surface area contributed by atoms with Crippen molar-refractivity contribution in [1.82, 2.24) is 9.55 Å². The van der Waals surface area contributed by atoms with Crippen molar-refractivity contribution >= 4 is 39.1 Å². The first-order valence-corrected chi connectivity index (χ1v) is 10.6. The lowest BCUT2D eigenvalue weighted by Gasteiger charge is -2.17. The van der Waals surface area contributed by atoms with Crippen molar-refractivity contribution in [2.75, 3.05) is 5.75 Å². The molecule has 0 N–H and O–H groups in total. The molecule has 6 heteroatoms. The molecule has 2 heterocycles. The highest BCUT2D eigenvalue weighted by atomic mass is 32.2. The lowest BCUT2D eigenvalue weighted by Crippen LogP contribution is -2.23. The fourth-order valence-electron chi connectivity index (χ4n) is 3.29. The summed E-state index contributed by atoms with van der Waals surface area (Å²) in [5.74, 6) is 1.67. The van der Waals surface area contributed by atoms with E-state index in [9.17, 15) is 9.59 Å². The summed E-state index contributed by atoms with van der Waals surface area (Å²) >= 11 is 3.25. The normalized spacial score (nSPS) is 16.8. The molecular formula is C19H24N2O2S2. The van der Waals surface area contributed by atoms with Crippen LogP contribution in [0.25, 0.3) is 10.2 Å². The van der Waals surface area contributed by atoms with Crippen molar-refractivity contribution in [2.45, 2.75) is 57.7 Å². The molecule has 0 aliphatic heterocycles. The van der Waals surface area contributed by atoms with E-state index in [-0.39, 0.29) is 11.3 Å². The number of hydrogen-bond donors (Lipinski definition) is 0. The van der Waals surface area contributed by atoms with Crippen molar-refractivity contribution < 1.29 is 4.79 Å². The van der Waals surface area contributed by atoms with Crippen LogP contribution in [0.2, 0.25) is 0 Å². The lowest BCUT2D eigenvalue weighted by atomic mass is 9.89. The van der Waals surface area contributed by atoms with Gasteiger partial charge < -0.3 is 4.79 Å². The maximum Gasteiger partial charge on any atom is 0.263 e. The molecule has 0 bridgehead atoms. The summed E-state index contributed by atoms with van der Waals surface area (Å²) in [7, 11) is 0. The van der Waals surface area contributed by atoms with Gasteiger partial charge in [-0.1, -0.05) is 24.8 Å². The van der Waals surface area contributed by atoms with Crippen molar-refractivity contribution in [3.63, 3.8) is 0 Å². The first kappa shape index (κ1) is 18.4. The number of aryl methyl sites for hydroxylation is 1. The summed E-state index contributed by atoms with van der Waals surface area (Å²) in [5, 5.41) is 1.56. The molecule has 0 spiro atoms. The molecule has 134 valence electrons. The van der Waals surface area contributed by atoms with Gasteiger partial charge in [-0.2, -0.15) is 0 Å². The van der Waals surface area contributed by atoms with E-state index in [4.69, 9.17) is 4.98 Å². The predicted molar refractivity (Wildman–Crippen MR) is 106 cm³/mol. The van der Waals surface area contributed by atoms with Crippen LogP contribution in [0.1, 0.15) is 43.6 Å². The van der Waals surface area contributed by atoms with Gasteiger partial charge in [0.1, 0.15) is 10.6 Å². The third kappa shape index (κ3) is 3.90. The Morgan fingerprint density at radius 3 is 3.04 bits per heavy atom. The number of thiophene rings is 1. The second-order valence-electron chi connectivity index (χ2n) is 6.78. The minimum Gasteiger partial charge on any atom is -0.300 e. The van der Waals surface area contributed by atoms with Crippen molar-refractivity contribution in [1.29, 1.82) is 0 Å². The Balaban J connectivity index is 1.99. The largest absolute Gasteiger partial charge is 0.300 e. The number of fused-ring (bicyclic) bond motifs is 3. The summed E-state index contributed by atoms with van der Waals surface area (Å²) < 4.78 is 1.73. The number of carbonyl (C=O) groups excluding carboxylic acids is 1. The quantitative estimate of drug-likeness (QED) is 0.314. The third-order valence-electron chi connectivity index (χ3n) is 4.60. The molecule has 0 saturated carbocycles. The van der Waals surface area contributed by atoms with Crippen LogP contribution in [-0.2, 0) is 24.2 Å². The van der Waals surface area contributed by atoms with Gasteiger partial charge in [0.05, 0.1) is 5.39 Å². The minimum atomic E-state index is 0.0611. The Bertz CT molecular complexity index is 866. The zero-order chi connectivity index (χ0) is 18.0. The number of allylic oxidation sites excluding steroid dienone is 1. The van der Waals surface area contributed by atoms with Crippen molar-refractivity contribution in [3.8, 4) is 0 Å². The van der Waals surface area contributed by atoms with E-state index in [1.807, 2.05) is 0 Å². The summed E-state index contributed by atoms with van der Waals surface area (Å²) in [5.41, 5.74) is 1.28. The van der Waals surface area contributed by atoms with Crippen LogP contribution in [-0.4, -0.2) is 21.1 Å². The van der Waals surface area contributed by atoms with E-state index in [1.54, 1.807) is 40.7 Å². The smallest absolute Gasteiger partial charge is 0.263 e. The molecule has 0 amide bonds. The number of nitrogens with zero attached hydrogens (tertiary/aromatic N) is 2. The zero-order valence-electron chi connectivity index (χ0n) is 14.8. The fourth-order valence-corrected chi connectivity index (χ4v) is 5.66. The number of aromatic nitrogens is 2. The molecule has 0 saturated heterocycles. The number of rotatable bonds is 7. The molecule has 2 aromatic rings. The van der Waals surface area contributed by atoms with E-state index in [0.29, 0.717) is 18.9 Å². The summed E-state index contributed by atoms with van der Waals surface area (Å²) in [4.78, 5) is 31.2. The van der Waals surface area contributed by atoms with Crippen LogP contribution in [0.3, 0.4) is 0 Å². The molecule has 2 aromatic heterocycles. The summed E-state index contributed by atoms with van der Waals surface area (Å²) in [6.45, 7) is 8.14. The van der Waals surface area contributed by atoms with E-state index in [1.165, 1.54) is 10.4 Å². The van der Waals surface area contributed by atoms with Gasteiger partial charge in [-0.3, -0.25) is 9.36 Å². The molecular weight excluding hydrogens is 352 g/mol.